The zero-order valence-corrected chi connectivity index (χ0v) is 12.7. The van der Waals surface area contributed by atoms with E-state index in [2.05, 4.69) is 9.08 Å². The summed E-state index contributed by atoms with van der Waals surface area (Å²) in [6.45, 7) is 3.87. The van der Waals surface area contributed by atoms with Crippen molar-refractivity contribution in [1.29, 1.82) is 0 Å². The topological polar surface area (TPSA) is 84.6 Å². The molecule has 21 heavy (non-hydrogen) atoms. The molecule has 0 spiro atoms. The van der Waals surface area contributed by atoms with Crippen LogP contribution in [0, 0.1) is 13.8 Å². The summed E-state index contributed by atoms with van der Waals surface area (Å²) in [6.07, 6.45) is 0. The second-order valence-corrected chi connectivity index (χ2v) is 6.65. The molecule has 1 unspecified atom stereocenters. The Bertz CT molecular complexity index is 759. The number of rotatable bonds is 3. The first-order valence-corrected chi connectivity index (χ1v) is 7.88. The third-order valence-corrected chi connectivity index (χ3v) is 4.73. The van der Waals surface area contributed by atoms with Gasteiger partial charge in [0.05, 0.1) is 4.90 Å². The highest BCUT2D eigenvalue weighted by molar-refractivity contribution is 7.95. The summed E-state index contributed by atoms with van der Waals surface area (Å²) in [6, 6.07) is 13.3. The van der Waals surface area contributed by atoms with Gasteiger partial charge in [-0.05, 0) is 38.1 Å². The molecule has 0 radical (unpaired) electrons. The van der Waals surface area contributed by atoms with Crippen LogP contribution in [0.25, 0.3) is 0 Å². The van der Waals surface area contributed by atoms with Crippen LogP contribution in [0.2, 0.25) is 0 Å². The van der Waals surface area contributed by atoms with Crippen molar-refractivity contribution in [2.45, 2.75) is 18.7 Å². The molecule has 3 N–H and O–H groups in total. The Morgan fingerprint density at radius 3 is 1.95 bits per heavy atom. The van der Waals surface area contributed by atoms with Crippen molar-refractivity contribution in [2.24, 2.45) is 10.1 Å². The summed E-state index contributed by atoms with van der Waals surface area (Å²) < 4.78 is 19.4. The number of hydrogen-bond donors (Lipinski definition) is 2. The number of amides is 2. The van der Waals surface area contributed by atoms with Gasteiger partial charge in [0.1, 0.15) is 0 Å². The fourth-order valence-corrected chi connectivity index (χ4v) is 3.25. The van der Waals surface area contributed by atoms with Crippen LogP contribution in [0.5, 0.6) is 0 Å². The van der Waals surface area contributed by atoms with E-state index >= 15 is 0 Å². The minimum atomic E-state index is -3.15. The lowest BCUT2D eigenvalue weighted by atomic mass is 10.2. The van der Waals surface area contributed by atoms with Gasteiger partial charge in [-0.2, -0.15) is 0 Å². The Kier molecular flexibility index (Phi) is 4.28. The van der Waals surface area contributed by atoms with E-state index in [0.29, 0.717) is 10.6 Å². The number of nitrogens with one attached hydrogen (secondary N) is 1. The number of primary amides is 1. The van der Waals surface area contributed by atoms with Crippen molar-refractivity contribution in [3.63, 3.8) is 0 Å². The molecule has 5 nitrogen and oxygen atoms in total. The fourth-order valence-electron chi connectivity index (χ4n) is 1.77. The Hall–Kier alpha value is -2.34. The largest absolute Gasteiger partial charge is 0.349 e. The quantitative estimate of drug-likeness (QED) is 0.912. The SMILES string of the molecule is Cc1ccc(NS(=O)(=NC(N)=O)c2ccc(C)cc2)cc1. The van der Waals surface area contributed by atoms with E-state index in [1.165, 1.54) is 0 Å². The zero-order chi connectivity index (χ0) is 15.5. The van der Waals surface area contributed by atoms with Gasteiger partial charge in [0.25, 0.3) is 0 Å². The maximum atomic E-state index is 13.0. The highest BCUT2D eigenvalue weighted by Crippen LogP contribution is 2.19. The standard InChI is InChI=1S/C15H17N3O2S/c1-11-3-7-13(8-4-11)17-21(20,18-15(16)19)14-9-5-12(2)6-10-14/h3-10H,1-2H3,(H3,16,17,18,19,20). The van der Waals surface area contributed by atoms with E-state index in [9.17, 15) is 9.00 Å². The second-order valence-electron chi connectivity index (χ2n) is 4.74. The molecule has 0 aliphatic carbocycles. The number of carbonyl (C=O) groups excluding carboxylic acids is 1. The van der Waals surface area contributed by atoms with Crippen LogP contribution in [0.3, 0.4) is 0 Å². The molecule has 1 atom stereocenters. The monoisotopic (exact) mass is 303 g/mol. The van der Waals surface area contributed by atoms with Gasteiger partial charge in [-0.1, -0.05) is 35.4 Å². The number of hydrogen-bond acceptors (Lipinski definition) is 2. The van der Waals surface area contributed by atoms with Gasteiger partial charge in [-0.15, -0.1) is 4.36 Å². The molecule has 2 rings (SSSR count). The Morgan fingerprint density at radius 2 is 1.48 bits per heavy atom. The lowest BCUT2D eigenvalue weighted by Crippen LogP contribution is -2.17. The van der Waals surface area contributed by atoms with Crippen LogP contribution in [0.4, 0.5) is 10.5 Å². The van der Waals surface area contributed by atoms with E-state index in [1.807, 2.05) is 38.1 Å². The van der Waals surface area contributed by atoms with E-state index in [0.717, 1.165) is 11.1 Å². The molecule has 6 heteroatoms. The minimum absolute atomic E-state index is 0.410. The third kappa shape index (κ3) is 3.82. The van der Waals surface area contributed by atoms with Crippen molar-refractivity contribution in [3.05, 3.63) is 59.7 Å². The predicted octanol–water partition coefficient (Wildman–Crippen LogP) is 3.24. The fraction of sp³-hybridized carbons (Fsp3) is 0.133. The maximum Gasteiger partial charge on any atom is 0.348 e. The zero-order valence-electron chi connectivity index (χ0n) is 11.9. The summed E-state index contributed by atoms with van der Waals surface area (Å²) in [5.41, 5.74) is 7.81. The van der Waals surface area contributed by atoms with Crippen molar-refractivity contribution in [2.75, 3.05) is 4.72 Å². The van der Waals surface area contributed by atoms with Crippen LogP contribution in [0.15, 0.2) is 57.8 Å². The van der Waals surface area contributed by atoms with Gasteiger partial charge in [0.2, 0.25) is 0 Å². The molecule has 2 aromatic rings. The van der Waals surface area contributed by atoms with Gasteiger partial charge in [-0.25, -0.2) is 9.00 Å². The molecule has 0 aliphatic heterocycles. The van der Waals surface area contributed by atoms with E-state index in [4.69, 9.17) is 5.73 Å². The van der Waals surface area contributed by atoms with Gasteiger partial charge in [0.15, 0.2) is 9.92 Å². The number of carbonyl (C=O) groups is 1. The summed E-state index contributed by atoms with van der Waals surface area (Å²) in [4.78, 5) is 11.5. The molecule has 0 aromatic heterocycles. The van der Waals surface area contributed by atoms with Crippen molar-refractivity contribution in [3.8, 4) is 0 Å². The highest BCUT2D eigenvalue weighted by atomic mass is 32.2. The number of nitrogens with zero attached hydrogens (tertiary/aromatic N) is 1. The van der Waals surface area contributed by atoms with Crippen molar-refractivity contribution in [1.82, 2.24) is 0 Å². The van der Waals surface area contributed by atoms with Crippen molar-refractivity contribution >= 4 is 21.6 Å². The molecule has 0 aliphatic rings. The summed E-state index contributed by atoms with van der Waals surface area (Å²) in [7, 11) is -3.15. The highest BCUT2D eigenvalue weighted by Gasteiger charge is 2.14. The summed E-state index contributed by atoms with van der Waals surface area (Å²) in [5.74, 6) is 0. The molecular formula is C15H17N3O2S. The Labute approximate surface area is 124 Å². The van der Waals surface area contributed by atoms with Crippen LogP contribution < -0.4 is 10.5 Å². The molecule has 110 valence electrons. The lowest BCUT2D eigenvalue weighted by molar-refractivity contribution is 0.257. The number of anilines is 1. The average Bonchev–Trinajstić information content (AvgIpc) is 2.41. The molecular weight excluding hydrogens is 286 g/mol. The summed E-state index contributed by atoms with van der Waals surface area (Å²) >= 11 is 0. The molecule has 0 bridgehead atoms. The van der Waals surface area contributed by atoms with Gasteiger partial charge < -0.3 is 5.73 Å². The van der Waals surface area contributed by atoms with E-state index in [1.54, 1.807) is 24.3 Å². The number of aryl methyl sites for hydroxylation is 2. The number of benzene rings is 2. The van der Waals surface area contributed by atoms with Gasteiger partial charge >= 0.3 is 6.03 Å². The number of nitrogens with two attached hydrogens (primary N) is 1. The third-order valence-electron chi connectivity index (χ3n) is 2.87. The first-order chi connectivity index (χ1) is 9.89. The van der Waals surface area contributed by atoms with E-state index in [-0.39, 0.29) is 0 Å². The van der Waals surface area contributed by atoms with Crippen LogP contribution >= 0.6 is 0 Å². The van der Waals surface area contributed by atoms with Crippen LogP contribution in [-0.4, -0.2) is 10.2 Å². The first-order valence-electron chi connectivity index (χ1n) is 6.37. The molecule has 0 saturated carbocycles. The lowest BCUT2D eigenvalue weighted by Gasteiger charge is -2.13. The smallest absolute Gasteiger partial charge is 0.348 e. The van der Waals surface area contributed by atoms with E-state index < -0.39 is 15.9 Å². The van der Waals surface area contributed by atoms with Crippen LogP contribution in [0.1, 0.15) is 11.1 Å². The Balaban J connectivity index is 2.48. The second kappa shape index (κ2) is 5.97. The predicted molar refractivity (Wildman–Crippen MR) is 84.4 cm³/mol. The molecule has 0 saturated heterocycles. The first kappa shape index (κ1) is 15.1. The maximum absolute atomic E-state index is 13.0. The van der Waals surface area contributed by atoms with Gasteiger partial charge in [0, 0.05) is 5.69 Å². The van der Waals surface area contributed by atoms with Gasteiger partial charge in [-0.3, -0.25) is 4.72 Å². The summed E-state index contributed by atoms with van der Waals surface area (Å²) in [5, 5.41) is 0. The molecule has 0 heterocycles. The number of urea groups is 1. The molecule has 2 amide bonds. The molecule has 2 aromatic carbocycles. The van der Waals surface area contributed by atoms with Crippen molar-refractivity contribution < 1.29 is 9.00 Å². The van der Waals surface area contributed by atoms with Crippen LogP contribution in [-0.2, 0) is 9.92 Å². The minimum Gasteiger partial charge on any atom is -0.349 e. The molecule has 0 fully saturated rings. The average molecular weight is 303 g/mol. The Morgan fingerprint density at radius 1 is 1.00 bits per heavy atom. The normalized spacial score (nSPS) is 13.2.